The number of aromatic nitrogens is 4. The molecule has 0 aromatic carbocycles. The van der Waals surface area contributed by atoms with E-state index in [9.17, 15) is 8.42 Å². The van der Waals surface area contributed by atoms with Crippen molar-refractivity contribution in [2.45, 2.75) is 18.1 Å². The molecular weight excluding hydrogens is 376 g/mol. The Kier molecular flexibility index (Phi) is 6.14. The molecule has 0 unspecified atom stereocenters. The predicted octanol–water partition coefficient (Wildman–Crippen LogP) is 0.419. The molecule has 142 valence electrons. The van der Waals surface area contributed by atoms with Gasteiger partial charge < -0.3 is 9.30 Å². The molecule has 2 aromatic rings. The number of pyridine rings is 1. The Labute approximate surface area is 157 Å². The molecule has 1 aliphatic rings. The van der Waals surface area contributed by atoms with Crippen LogP contribution in [0, 0.1) is 4.77 Å². The van der Waals surface area contributed by atoms with Crippen LogP contribution in [-0.4, -0.2) is 76.9 Å². The molecule has 0 saturated carbocycles. The molecule has 1 fully saturated rings. The highest BCUT2D eigenvalue weighted by Gasteiger charge is 2.28. The Bertz CT molecular complexity index is 872. The highest BCUT2D eigenvalue weighted by molar-refractivity contribution is 7.89. The summed E-state index contributed by atoms with van der Waals surface area (Å²) in [4.78, 5) is 6.27. The van der Waals surface area contributed by atoms with Crippen molar-refractivity contribution in [3.05, 3.63) is 35.6 Å². The van der Waals surface area contributed by atoms with Crippen LogP contribution in [0.2, 0.25) is 0 Å². The van der Waals surface area contributed by atoms with E-state index < -0.39 is 10.0 Å². The molecule has 3 heterocycles. The number of hydrogen-bond acceptors (Lipinski definition) is 7. The second kappa shape index (κ2) is 8.35. The smallest absolute Gasteiger partial charge is 0.244 e. The third-order valence-electron chi connectivity index (χ3n) is 4.27. The van der Waals surface area contributed by atoms with Crippen molar-refractivity contribution >= 4 is 22.2 Å². The van der Waals surface area contributed by atoms with E-state index in [-0.39, 0.29) is 4.90 Å². The van der Waals surface area contributed by atoms with Gasteiger partial charge >= 0.3 is 0 Å². The van der Waals surface area contributed by atoms with Crippen LogP contribution in [0.25, 0.3) is 0 Å². The van der Waals surface area contributed by atoms with Crippen molar-refractivity contribution in [1.82, 2.24) is 28.5 Å². The number of hydrogen-bond donors (Lipinski definition) is 0. The first-order chi connectivity index (χ1) is 12.5. The van der Waals surface area contributed by atoms with Crippen molar-refractivity contribution < 1.29 is 13.2 Å². The number of ether oxygens (including phenoxy) is 1. The summed E-state index contributed by atoms with van der Waals surface area (Å²) in [6, 6.07) is 3.20. The van der Waals surface area contributed by atoms with Gasteiger partial charge in [-0.25, -0.2) is 13.1 Å². The molecule has 3 rings (SSSR count). The second-order valence-corrected chi connectivity index (χ2v) is 8.25. The Morgan fingerprint density at radius 2 is 2.04 bits per heavy atom. The van der Waals surface area contributed by atoms with Gasteiger partial charge in [-0.05, 0) is 24.4 Å². The Morgan fingerprint density at radius 1 is 1.27 bits per heavy atom. The molecule has 0 bridgehead atoms. The number of nitrogens with zero attached hydrogens (tertiary/aromatic N) is 6. The molecule has 0 spiro atoms. The van der Waals surface area contributed by atoms with Gasteiger partial charge in [0.05, 0.1) is 13.3 Å². The molecule has 0 atom stereocenters. The molecule has 9 nitrogen and oxygen atoms in total. The minimum absolute atomic E-state index is 0.229. The molecule has 0 radical (unpaired) electrons. The van der Waals surface area contributed by atoms with Crippen LogP contribution in [0.3, 0.4) is 0 Å². The summed E-state index contributed by atoms with van der Waals surface area (Å²) < 4.78 is 36.1. The van der Waals surface area contributed by atoms with Gasteiger partial charge in [-0.2, -0.15) is 9.40 Å². The van der Waals surface area contributed by atoms with Crippen LogP contribution in [0.5, 0.6) is 0 Å². The summed E-state index contributed by atoms with van der Waals surface area (Å²) in [7, 11) is -1.84. The SMILES string of the molecule is COCCn1cnn(CN2CCN(S(=O)(=O)c3cccnc3)CC2)c1=S. The molecule has 2 aromatic heterocycles. The number of piperazine rings is 1. The minimum Gasteiger partial charge on any atom is -0.383 e. The molecule has 0 N–H and O–H groups in total. The van der Waals surface area contributed by atoms with Gasteiger partial charge in [-0.1, -0.05) is 0 Å². The molecule has 0 aliphatic carbocycles. The zero-order chi connectivity index (χ0) is 18.6. The van der Waals surface area contributed by atoms with Gasteiger partial charge in [0.2, 0.25) is 10.0 Å². The van der Waals surface area contributed by atoms with Gasteiger partial charge in [0.25, 0.3) is 0 Å². The first kappa shape index (κ1) is 19.1. The summed E-state index contributed by atoms with van der Waals surface area (Å²) >= 11 is 5.42. The number of rotatable bonds is 7. The van der Waals surface area contributed by atoms with Crippen LogP contribution in [0.4, 0.5) is 0 Å². The van der Waals surface area contributed by atoms with Crippen molar-refractivity contribution in [3.8, 4) is 0 Å². The van der Waals surface area contributed by atoms with Crippen LogP contribution in [-0.2, 0) is 28.0 Å². The normalized spacial score (nSPS) is 16.8. The molecular formula is C15H22N6O3S2. The summed E-state index contributed by atoms with van der Waals surface area (Å²) in [6.45, 7) is 3.86. The van der Waals surface area contributed by atoms with E-state index in [1.807, 2.05) is 4.57 Å². The molecule has 1 saturated heterocycles. The first-order valence-corrected chi connectivity index (χ1v) is 10.1. The summed E-state index contributed by atoms with van der Waals surface area (Å²) in [5, 5.41) is 4.32. The van der Waals surface area contributed by atoms with Gasteiger partial charge in [0, 0.05) is 52.2 Å². The van der Waals surface area contributed by atoms with Crippen molar-refractivity contribution in [1.29, 1.82) is 0 Å². The lowest BCUT2D eigenvalue weighted by Gasteiger charge is -2.33. The Hall–Kier alpha value is -1.66. The zero-order valence-corrected chi connectivity index (χ0v) is 16.2. The molecule has 0 amide bonds. The van der Waals surface area contributed by atoms with Gasteiger partial charge in [-0.3, -0.25) is 9.88 Å². The maximum absolute atomic E-state index is 12.6. The van der Waals surface area contributed by atoms with E-state index >= 15 is 0 Å². The predicted molar refractivity (Wildman–Crippen MR) is 97.5 cm³/mol. The average molecular weight is 399 g/mol. The van der Waals surface area contributed by atoms with Crippen molar-refractivity contribution in [2.75, 3.05) is 39.9 Å². The second-order valence-electron chi connectivity index (χ2n) is 5.95. The van der Waals surface area contributed by atoms with Crippen LogP contribution in [0.15, 0.2) is 35.7 Å². The molecule has 26 heavy (non-hydrogen) atoms. The van der Waals surface area contributed by atoms with Gasteiger partial charge in [0.1, 0.15) is 11.2 Å². The highest BCUT2D eigenvalue weighted by atomic mass is 32.2. The first-order valence-electron chi connectivity index (χ1n) is 8.26. The van der Waals surface area contributed by atoms with E-state index in [0.717, 1.165) is 0 Å². The maximum Gasteiger partial charge on any atom is 0.244 e. The zero-order valence-electron chi connectivity index (χ0n) is 14.6. The van der Waals surface area contributed by atoms with E-state index in [2.05, 4.69) is 15.0 Å². The van der Waals surface area contributed by atoms with E-state index in [1.165, 1.54) is 10.5 Å². The fourth-order valence-electron chi connectivity index (χ4n) is 2.76. The van der Waals surface area contributed by atoms with Crippen LogP contribution in [0.1, 0.15) is 0 Å². The van der Waals surface area contributed by atoms with E-state index in [4.69, 9.17) is 17.0 Å². The molecule has 11 heteroatoms. The lowest BCUT2D eigenvalue weighted by molar-refractivity contribution is 0.144. The third kappa shape index (κ3) is 4.18. The van der Waals surface area contributed by atoms with E-state index in [0.29, 0.717) is 50.8 Å². The summed E-state index contributed by atoms with van der Waals surface area (Å²) in [5.41, 5.74) is 0. The fourth-order valence-corrected chi connectivity index (χ4v) is 4.39. The minimum atomic E-state index is -3.49. The van der Waals surface area contributed by atoms with E-state index in [1.54, 1.807) is 36.4 Å². The largest absolute Gasteiger partial charge is 0.383 e. The van der Waals surface area contributed by atoms with Crippen LogP contribution < -0.4 is 0 Å². The number of sulfonamides is 1. The summed E-state index contributed by atoms with van der Waals surface area (Å²) in [6.07, 6.45) is 4.64. The van der Waals surface area contributed by atoms with Crippen molar-refractivity contribution in [3.63, 3.8) is 0 Å². The standard InChI is InChI=1S/C15H22N6O3S2/c1-24-10-9-19-12-17-21(15(19)25)13-18-5-7-20(8-6-18)26(22,23)14-3-2-4-16-11-14/h2-4,11-12H,5-10,13H2,1H3. The fraction of sp³-hybridized carbons (Fsp3) is 0.533. The van der Waals surface area contributed by atoms with Crippen LogP contribution >= 0.6 is 12.2 Å². The Morgan fingerprint density at radius 3 is 2.69 bits per heavy atom. The lowest BCUT2D eigenvalue weighted by atomic mass is 10.4. The van der Waals surface area contributed by atoms with Crippen molar-refractivity contribution in [2.24, 2.45) is 0 Å². The quantitative estimate of drug-likeness (QED) is 0.625. The maximum atomic E-state index is 12.6. The Balaban J connectivity index is 1.59. The van der Waals surface area contributed by atoms with Gasteiger partial charge in [0.15, 0.2) is 4.77 Å². The third-order valence-corrected chi connectivity index (χ3v) is 6.60. The summed E-state index contributed by atoms with van der Waals surface area (Å²) in [5.74, 6) is 0. The van der Waals surface area contributed by atoms with Gasteiger partial charge in [-0.15, -0.1) is 0 Å². The molecule has 1 aliphatic heterocycles. The topological polar surface area (TPSA) is 85.5 Å². The lowest BCUT2D eigenvalue weighted by Crippen LogP contribution is -2.48. The average Bonchev–Trinajstić information content (AvgIpc) is 3.01. The number of methoxy groups -OCH3 is 1. The highest BCUT2D eigenvalue weighted by Crippen LogP contribution is 2.16. The monoisotopic (exact) mass is 398 g/mol.